The number of fused-ring (bicyclic) bond motifs is 1. The Bertz CT molecular complexity index is 1640. The van der Waals surface area contributed by atoms with Gasteiger partial charge in [0.1, 0.15) is 6.04 Å². The SMILES string of the molecule is Cc1cc(C=CC(=O)N(Cc2ccc(N3CCOCC3)cc2)[C@@H](Cc2ccccc2)C(=O)N2CCc3ccccc3C2)n(C)n1. The number of anilines is 1. The first-order valence-corrected chi connectivity index (χ1v) is 15.7. The van der Waals surface area contributed by atoms with Crippen LogP contribution in [0.4, 0.5) is 5.69 Å². The van der Waals surface area contributed by atoms with E-state index in [9.17, 15) is 9.59 Å². The molecule has 2 amide bonds. The van der Waals surface area contributed by atoms with Crippen LogP contribution in [0.5, 0.6) is 0 Å². The predicted molar refractivity (Wildman–Crippen MR) is 176 cm³/mol. The van der Waals surface area contributed by atoms with E-state index in [0.717, 1.165) is 60.9 Å². The molecule has 0 saturated carbocycles. The van der Waals surface area contributed by atoms with Gasteiger partial charge in [-0.25, -0.2) is 0 Å². The van der Waals surface area contributed by atoms with Gasteiger partial charge in [0.25, 0.3) is 0 Å². The van der Waals surface area contributed by atoms with Gasteiger partial charge in [-0.2, -0.15) is 5.10 Å². The minimum absolute atomic E-state index is 0.0311. The lowest BCUT2D eigenvalue weighted by atomic mass is 9.97. The van der Waals surface area contributed by atoms with Crippen LogP contribution in [0.1, 0.15) is 33.6 Å². The molecule has 0 bridgehead atoms. The number of aryl methyl sites for hydroxylation is 2. The van der Waals surface area contributed by atoms with Crippen molar-refractivity contribution in [2.75, 3.05) is 37.7 Å². The fourth-order valence-electron chi connectivity index (χ4n) is 6.27. The summed E-state index contributed by atoms with van der Waals surface area (Å²) in [4.78, 5) is 34.7. The van der Waals surface area contributed by atoms with E-state index in [2.05, 4.69) is 52.5 Å². The highest BCUT2D eigenvalue weighted by Gasteiger charge is 2.34. The lowest BCUT2D eigenvalue weighted by Crippen LogP contribution is -2.52. The number of carbonyl (C=O) groups is 2. The molecule has 3 aromatic carbocycles. The number of nitrogens with zero attached hydrogens (tertiary/aromatic N) is 5. The number of carbonyl (C=O) groups excluding carboxylic acids is 2. The van der Waals surface area contributed by atoms with E-state index in [0.29, 0.717) is 26.1 Å². The van der Waals surface area contributed by atoms with Gasteiger partial charge in [-0.15, -0.1) is 0 Å². The van der Waals surface area contributed by atoms with Gasteiger partial charge in [-0.05, 0) is 59.9 Å². The van der Waals surface area contributed by atoms with Gasteiger partial charge in [-0.3, -0.25) is 14.3 Å². The Morgan fingerprint density at radius 3 is 2.33 bits per heavy atom. The second-order valence-electron chi connectivity index (χ2n) is 11.9. The number of amides is 2. The molecule has 8 heteroatoms. The topological polar surface area (TPSA) is 70.9 Å². The van der Waals surface area contributed by atoms with Crippen LogP contribution >= 0.6 is 0 Å². The van der Waals surface area contributed by atoms with Crippen LogP contribution in [0.25, 0.3) is 6.08 Å². The summed E-state index contributed by atoms with van der Waals surface area (Å²) < 4.78 is 7.28. The van der Waals surface area contributed by atoms with Crippen molar-refractivity contribution in [3.63, 3.8) is 0 Å². The number of morpholine rings is 1. The number of aromatic nitrogens is 2. The molecule has 1 fully saturated rings. The maximum absolute atomic E-state index is 14.5. The van der Waals surface area contributed by atoms with E-state index in [1.165, 1.54) is 11.1 Å². The third-order valence-corrected chi connectivity index (χ3v) is 8.76. The predicted octanol–water partition coefficient (Wildman–Crippen LogP) is 4.80. The van der Waals surface area contributed by atoms with Crippen LogP contribution < -0.4 is 4.90 Å². The third kappa shape index (κ3) is 7.35. The molecular weight excluding hydrogens is 562 g/mol. The Hall–Kier alpha value is -4.69. The number of hydrogen-bond acceptors (Lipinski definition) is 5. The quantitative estimate of drug-likeness (QED) is 0.257. The molecule has 0 aliphatic carbocycles. The summed E-state index contributed by atoms with van der Waals surface area (Å²) in [5, 5.41) is 4.42. The van der Waals surface area contributed by atoms with Gasteiger partial charge >= 0.3 is 0 Å². The third-order valence-electron chi connectivity index (χ3n) is 8.76. The van der Waals surface area contributed by atoms with Gasteiger partial charge in [0, 0.05) is 58.0 Å². The van der Waals surface area contributed by atoms with Gasteiger partial charge < -0.3 is 19.4 Å². The maximum Gasteiger partial charge on any atom is 0.247 e. The zero-order chi connectivity index (χ0) is 31.2. The molecule has 8 nitrogen and oxygen atoms in total. The van der Waals surface area contributed by atoms with Gasteiger partial charge in [0.2, 0.25) is 11.8 Å². The monoisotopic (exact) mass is 603 g/mol. The van der Waals surface area contributed by atoms with Crippen molar-refractivity contribution in [1.29, 1.82) is 0 Å². The van der Waals surface area contributed by atoms with E-state index in [1.54, 1.807) is 21.7 Å². The molecule has 45 heavy (non-hydrogen) atoms. The molecule has 1 aromatic heterocycles. The summed E-state index contributed by atoms with van der Waals surface area (Å²) in [6, 6.07) is 27.9. The Balaban J connectivity index is 1.33. The zero-order valence-corrected chi connectivity index (χ0v) is 26.1. The molecule has 1 saturated heterocycles. The summed E-state index contributed by atoms with van der Waals surface area (Å²) in [6.45, 7) is 6.56. The minimum atomic E-state index is -0.679. The summed E-state index contributed by atoms with van der Waals surface area (Å²) in [7, 11) is 1.86. The molecule has 2 aliphatic rings. The first kappa shape index (κ1) is 30.3. The van der Waals surface area contributed by atoms with Gasteiger partial charge in [-0.1, -0.05) is 66.7 Å². The summed E-state index contributed by atoms with van der Waals surface area (Å²) in [5.74, 6) is -0.241. The van der Waals surface area contributed by atoms with E-state index < -0.39 is 6.04 Å². The second-order valence-corrected chi connectivity index (χ2v) is 11.9. The van der Waals surface area contributed by atoms with Crippen LogP contribution in [-0.2, 0) is 47.3 Å². The largest absolute Gasteiger partial charge is 0.378 e. The lowest BCUT2D eigenvalue weighted by Gasteiger charge is -2.37. The highest BCUT2D eigenvalue weighted by atomic mass is 16.5. The van der Waals surface area contributed by atoms with Crippen LogP contribution in [0.2, 0.25) is 0 Å². The van der Waals surface area contributed by atoms with E-state index in [4.69, 9.17) is 4.74 Å². The van der Waals surface area contributed by atoms with Crippen molar-refractivity contribution < 1.29 is 14.3 Å². The molecule has 6 rings (SSSR count). The normalized spacial score (nSPS) is 15.6. The van der Waals surface area contributed by atoms with Crippen LogP contribution in [0.15, 0.2) is 91.0 Å². The van der Waals surface area contributed by atoms with Crippen molar-refractivity contribution in [3.05, 3.63) is 125 Å². The smallest absolute Gasteiger partial charge is 0.247 e. The number of benzene rings is 3. The van der Waals surface area contributed by atoms with Crippen LogP contribution in [0.3, 0.4) is 0 Å². The summed E-state index contributed by atoms with van der Waals surface area (Å²) in [6.07, 6.45) is 4.60. The standard InChI is InChI=1S/C37H41N5O3/c1-28-24-34(39(2)38-28)16-17-36(43)42(26-30-12-14-33(15-13-30)40-20-22-45-23-21-40)35(25-29-8-4-3-5-9-29)37(44)41-19-18-31-10-6-7-11-32(31)27-41/h3-17,24,35H,18-23,25-27H2,1-2H3/t35-/m0/s1. The molecule has 2 aliphatic heterocycles. The fraction of sp³-hybridized carbons (Fsp3) is 0.324. The molecule has 0 unspecified atom stereocenters. The van der Waals surface area contributed by atoms with Crippen molar-refractivity contribution in [2.24, 2.45) is 7.05 Å². The van der Waals surface area contributed by atoms with Crippen molar-refractivity contribution in [2.45, 2.75) is 38.9 Å². The highest BCUT2D eigenvalue weighted by molar-refractivity contribution is 5.95. The summed E-state index contributed by atoms with van der Waals surface area (Å²) in [5.41, 5.74) is 7.27. The van der Waals surface area contributed by atoms with Crippen molar-refractivity contribution in [3.8, 4) is 0 Å². The Morgan fingerprint density at radius 1 is 0.911 bits per heavy atom. The average Bonchev–Trinajstić information content (AvgIpc) is 3.41. The molecule has 0 N–H and O–H groups in total. The van der Waals surface area contributed by atoms with Gasteiger partial charge in [0.15, 0.2) is 0 Å². The summed E-state index contributed by atoms with van der Waals surface area (Å²) >= 11 is 0. The fourth-order valence-corrected chi connectivity index (χ4v) is 6.27. The van der Waals surface area contributed by atoms with Gasteiger partial charge in [0.05, 0.1) is 24.6 Å². The Labute approximate surface area is 265 Å². The number of rotatable bonds is 9. The van der Waals surface area contributed by atoms with Crippen molar-refractivity contribution >= 4 is 23.6 Å². The lowest BCUT2D eigenvalue weighted by molar-refractivity contribution is -0.144. The van der Waals surface area contributed by atoms with E-state index >= 15 is 0 Å². The molecule has 0 radical (unpaired) electrons. The number of ether oxygens (including phenoxy) is 1. The molecular formula is C37H41N5O3. The minimum Gasteiger partial charge on any atom is -0.378 e. The average molecular weight is 604 g/mol. The first-order chi connectivity index (χ1) is 21.9. The van der Waals surface area contributed by atoms with Crippen LogP contribution in [0, 0.1) is 6.92 Å². The van der Waals surface area contributed by atoms with Crippen molar-refractivity contribution in [1.82, 2.24) is 19.6 Å². The Kier molecular flexibility index (Phi) is 9.41. The molecule has 4 aromatic rings. The number of hydrogen-bond donors (Lipinski definition) is 0. The van der Waals surface area contributed by atoms with Crippen LogP contribution in [-0.4, -0.2) is 70.3 Å². The first-order valence-electron chi connectivity index (χ1n) is 15.7. The zero-order valence-electron chi connectivity index (χ0n) is 26.1. The van der Waals surface area contributed by atoms with E-state index in [1.807, 2.05) is 61.3 Å². The maximum atomic E-state index is 14.5. The molecule has 232 valence electrons. The molecule has 1 atom stereocenters. The molecule has 0 spiro atoms. The Morgan fingerprint density at radius 2 is 1.62 bits per heavy atom. The molecule has 3 heterocycles. The second kappa shape index (κ2) is 13.9. The highest BCUT2D eigenvalue weighted by Crippen LogP contribution is 2.24. The van der Waals surface area contributed by atoms with E-state index in [-0.39, 0.29) is 11.8 Å².